The minimum Gasteiger partial charge on any atom is -0.481 e. The quantitative estimate of drug-likeness (QED) is 0.681. The van der Waals surface area contributed by atoms with Crippen LogP contribution in [0.4, 0.5) is 5.69 Å². The number of hydrogen-bond acceptors (Lipinski definition) is 4. The number of aliphatic carboxylic acids is 1. The van der Waals surface area contributed by atoms with Gasteiger partial charge in [0, 0.05) is 29.8 Å². The monoisotopic (exact) mass is 306 g/mol. The number of nitrogens with zero attached hydrogens (tertiary/aromatic N) is 2. The van der Waals surface area contributed by atoms with Crippen molar-refractivity contribution in [1.29, 1.82) is 0 Å². The van der Waals surface area contributed by atoms with Crippen LogP contribution >= 0.6 is 0 Å². The van der Waals surface area contributed by atoms with Gasteiger partial charge in [0.15, 0.2) is 0 Å². The molecule has 1 heterocycles. The van der Waals surface area contributed by atoms with Crippen molar-refractivity contribution >= 4 is 17.6 Å². The number of likely N-dealkylation sites (tertiary alicyclic amines) is 1. The molecule has 0 aliphatic carbocycles. The van der Waals surface area contributed by atoms with Crippen LogP contribution in [0.5, 0.6) is 0 Å². The molecular weight excluding hydrogens is 288 g/mol. The molecule has 2 atom stereocenters. The molecule has 1 saturated heterocycles. The van der Waals surface area contributed by atoms with Gasteiger partial charge in [0.1, 0.15) is 0 Å². The molecule has 1 fully saturated rings. The second kappa shape index (κ2) is 5.75. The van der Waals surface area contributed by atoms with Gasteiger partial charge < -0.3 is 10.0 Å². The molecule has 1 aliphatic heterocycles. The highest BCUT2D eigenvalue weighted by Crippen LogP contribution is 2.29. The zero-order valence-electron chi connectivity index (χ0n) is 12.7. The highest BCUT2D eigenvalue weighted by atomic mass is 16.6. The van der Waals surface area contributed by atoms with E-state index in [1.165, 1.54) is 11.0 Å². The minimum absolute atomic E-state index is 0.101. The minimum atomic E-state index is -0.922. The van der Waals surface area contributed by atoms with Crippen LogP contribution in [0.3, 0.4) is 0 Å². The van der Waals surface area contributed by atoms with Gasteiger partial charge in [0.2, 0.25) is 0 Å². The average Bonchev–Trinajstić information content (AvgIpc) is 2.79. The molecule has 0 aromatic heterocycles. The zero-order valence-corrected chi connectivity index (χ0v) is 12.7. The summed E-state index contributed by atoms with van der Waals surface area (Å²) in [5, 5.41) is 20.2. The Balaban J connectivity index is 2.36. The maximum Gasteiger partial charge on any atom is 0.308 e. The number of amides is 1. The van der Waals surface area contributed by atoms with E-state index in [1.807, 2.05) is 0 Å². The number of rotatable bonds is 3. The molecule has 1 N–H and O–H groups in total. The standard InChI is InChI=1S/C15H18N2O5/c1-8-6-9(2)13(17(21)22)7-12(8)14(18)16-5-4-11(10(16)3)15(19)20/h6-7,10-11H,4-5H2,1-3H3,(H,19,20). The molecule has 1 aromatic carbocycles. The molecule has 1 aliphatic rings. The molecule has 0 spiro atoms. The molecule has 0 saturated carbocycles. The lowest BCUT2D eigenvalue weighted by atomic mass is 10.0. The van der Waals surface area contributed by atoms with Crippen LogP contribution in [-0.4, -0.2) is 39.4 Å². The van der Waals surface area contributed by atoms with E-state index < -0.39 is 22.9 Å². The highest BCUT2D eigenvalue weighted by Gasteiger charge is 2.39. The first kappa shape index (κ1) is 15.9. The SMILES string of the molecule is Cc1cc(C)c([N+](=O)[O-])cc1C(=O)N1CCC(C(=O)O)C1C. The van der Waals surface area contributed by atoms with Crippen LogP contribution in [0.25, 0.3) is 0 Å². The highest BCUT2D eigenvalue weighted by molar-refractivity contribution is 5.97. The number of carboxylic acid groups (broad SMARTS) is 1. The molecule has 0 bridgehead atoms. The molecule has 7 heteroatoms. The Morgan fingerprint density at radius 1 is 1.32 bits per heavy atom. The average molecular weight is 306 g/mol. The summed E-state index contributed by atoms with van der Waals surface area (Å²) in [5.74, 6) is -1.86. The van der Waals surface area contributed by atoms with Crippen LogP contribution in [0.1, 0.15) is 34.8 Å². The predicted octanol–water partition coefficient (Wildman–Crippen LogP) is 2.15. The third-order valence-corrected chi connectivity index (χ3v) is 4.30. The van der Waals surface area contributed by atoms with Gasteiger partial charge in [-0.2, -0.15) is 0 Å². The number of aryl methyl sites for hydroxylation is 2. The van der Waals surface area contributed by atoms with E-state index >= 15 is 0 Å². The van der Waals surface area contributed by atoms with E-state index in [0.717, 1.165) is 0 Å². The van der Waals surface area contributed by atoms with E-state index in [1.54, 1.807) is 26.8 Å². The largest absolute Gasteiger partial charge is 0.481 e. The van der Waals surface area contributed by atoms with E-state index in [0.29, 0.717) is 24.1 Å². The van der Waals surface area contributed by atoms with Crippen LogP contribution < -0.4 is 0 Å². The fourth-order valence-electron chi connectivity index (χ4n) is 2.98. The number of carboxylic acids is 1. The Bertz CT molecular complexity index is 656. The molecule has 2 rings (SSSR count). The number of nitro benzene ring substituents is 1. The molecule has 1 aromatic rings. The van der Waals surface area contributed by atoms with E-state index in [4.69, 9.17) is 5.11 Å². The number of nitro groups is 1. The Hall–Kier alpha value is -2.44. The first-order chi connectivity index (χ1) is 10.2. The molecule has 7 nitrogen and oxygen atoms in total. The fourth-order valence-corrected chi connectivity index (χ4v) is 2.98. The van der Waals surface area contributed by atoms with Crippen LogP contribution in [0.15, 0.2) is 12.1 Å². The van der Waals surface area contributed by atoms with E-state index in [-0.39, 0.29) is 17.2 Å². The molecule has 2 unspecified atom stereocenters. The zero-order chi connectivity index (χ0) is 16.6. The van der Waals surface area contributed by atoms with E-state index in [9.17, 15) is 19.7 Å². The normalized spacial score (nSPS) is 21.0. The maximum absolute atomic E-state index is 12.6. The first-order valence-electron chi connectivity index (χ1n) is 7.03. The first-order valence-corrected chi connectivity index (χ1v) is 7.03. The van der Waals surface area contributed by atoms with Crippen molar-refractivity contribution in [3.8, 4) is 0 Å². The van der Waals surface area contributed by atoms with Gasteiger partial charge in [-0.15, -0.1) is 0 Å². The molecular formula is C15H18N2O5. The van der Waals surface area contributed by atoms with Gasteiger partial charge in [-0.1, -0.05) is 0 Å². The van der Waals surface area contributed by atoms with Crippen LogP contribution in [0, 0.1) is 29.9 Å². The van der Waals surface area contributed by atoms with Crippen molar-refractivity contribution in [1.82, 2.24) is 4.90 Å². The summed E-state index contributed by atoms with van der Waals surface area (Å²) in [7, 11) is 0. The van der Waals surface area contributed by atoms with Crippen molar-refractivity contribution in [2.24, 2.45) is 5.92 Å². The van der Waals surface area contributed by atoms with Crippen molar-refractivity contribution in [3.63, 3.8) is 0 Å². The van der Waals surface area contributed by atoms with Crippen molar-refractivity contribution in [3.05, 3.63) is 38.9 Å². The number of hydrogen-bond donors (Lipinski definition) is 1. The third-order valence-electron chi connectivity index (χ3n) is 4.30. The van der Waals surface area contributed by atoms with Gasteiger partial charge in [0.25, 0.3) is 11.6 Å². The molecule has 22 heavy (non-hydrogen) atoms. The summed E-state index contributed by atoms with van der Waals surface area (Å²) in [6.45, 7) is 5.39. The lowest BCUT2D eigenvalue weighted by molar-refractivity contribution is -0.385. The summed E-state index contributed by atoms with van der Waals surface area (Å²) in [6.07, 6.45) is 0.398. The van der Waals surface area contributed by atoms with Gasteiger partial charge in [-0.05, 0) is 38.8 Å². The Labute approximate surface area is 127 Å². The second-order valence-electron chi connectivity index (χ2n) is 5.68. The van der Waals surface area contributed by atoms with Gasteiger partial charge >= 0.3 is 5.97 Å². The van der Waals surface area contributed by atoms with E-state index in [2.05, 4.69) is 0 Å². The Morgan fingerprint density at radius 2 is 1.95 bits per heavy atom. The van der Waals surface area contributed by atoms with Crippen molar-refractivity contribution in [2.75, 3.05) is 6.54 Å². The van der Waals surface area contributed by atoms with Crippen molar-refractivity contribution < 1.29 is 19.6 Å². The number of benzene rings is 1. The number of carbonyl (C=O) groups is 2. The predicted molar refractivity (Wildman–Crippen MR) is 78.8 cm³/mol. The van der Waals surface area contributed by atoms with Crippen LogP contribution in [-0.2, 0) is 4.79 Å². The van der Waals surface area contributed by atoms with Gasteiger partial charge in [0.05, 0.1) is 10.8 Å². The Kier molecular flexibility index (Phi) is 4.16. The maximum atomic E-state index is 12.6. The number of carbonyl (C=O) groups excluding carboxylic acids is 1. The second-order valence-corrected chi connectivity index (χ2v) is 5.68. The van der Waals surface area contributed by atoms with Gasteiger partial charge in [-0.3, -0.25) is 19.7 Å². The molecule has 0 radical (unpaired) electrons. The smallest absolute Gasteiger partial charge is 0.308 e. The summed E-state index contributed by atoms with van der Waals surface area (Å²) in [5.41, 5.74) is 1.31. The third kappa shape index (κ3) is 2.66. The van der Waals surface area contributed by atoms with Crippen molar-refractivity contribution in [2.45, 2.75) is 33.2 Å². The lowest BCUT2D eigenvalue weighted by Crippen LogP contribution is -2.38. The summed E-state index contributed by atoms with van der Waals surface area (Å²) in [6, 6.07) is 2.47. The molecule has 118 valence electrons. The summed E-state index contributed by atoms with van der Waals surface area (Å²) >= 11 is 0. The fraction of sp³-hybridized carbons (Fsp3) is 0.467. The van der Waals surface area contributed by atoms with Crippen LogP contribution in [0.2, 0.25) is 0 Å². The lowest BCUT2D eigenvalue weighted by Gasteiger charge is -2.24. The Morgan fingerprint density at radius 3 is 2.45 bits per heavy atom. The molecule has 1 amide bonds. The summed E-state index contributed by atoms with van der Waals surface area (Å²) < 4.78 is 0. The topological polar surface area (TPSA) is 101 Å². The summed E-state index contributed by atoms with van der Waals surface area (Å²) in [4.78, 5) is 35.8. The van der Waals surface area contributed by atoms with Gasteiger partial charge in [-0.25, -0.2) is 0 Å².